The fourth-order valence-corrected chi connectivity index (χ4v) is 7.55. The Hall–Kier alpha value is -7.16. The molecule has 0 radical (unpaired) electrons. The zero-order valence-corrected chi connectivity index (χ0v) is 34.2. The third-order valence-electron chi connectivity index (χ3n) is 10.9. The second-order valence-corrected chi connectivity index (χ2v) is 16.0. The van der Waals surface area contributed by atoms with Crippen LogP contribution in [0.3, 0.4) is 0 Å². The van der Waals surface area contributed by atoms with Crippen molar-refractivity contribution in [1.29, 1.82) is 5.26 Å². The first kappa shape index (κ1) is 29.1. The number of benzene rings is 5. The quantitative estimate of drug-likeness (QED) is 0.123. The van der Waals surface area contributed by atoms with Crippen LogP contribution in [0.5, 0.6) is 0 Å². The Morgan fingerprint density at radius 2 is 1.10 bits per heavy atom. The maximum Gasteiger partial charge on any atom is 0.153 e. The molecule has 0 amide bonds. The van der Waals surface area contributed by atoms with Crippen LogP contribution >= 0.6 is 0 Å². The number of aryl methyl sites for hydroxylation is 2. The molecule has 0 saturated heterocycles. The molecule has 0 atom stereocenters. The third kappa shape index (κ3) is 8.36. The Bertz CT molecular complexity index is 3370. The molecule has 5 aromatic carbocycles. The van der Waals surface area contributed by atoms with E-state index < -0.39 is 36.3 Å². The van der Waals surface area contributed by atoms with Crippen molar-refractivity contribution in [2.75, 3.05) is 0 Å². The van der Waals surface area contributed by atoms with Gasteiger partial charge in [-0.3, -0.25) is 15.0 Å². The highest BCUT2D eigenvalue weighted by Crippen LogP contribution is 2.37. The van der Waals surface area contributed by atoms with Crippen LogP contribution < -0.4 is 0 Å². The molecule has 0 aliphatic heterocycles. The van der Waals surface area contributed by atoms with Crippen LogP contribution in [-0.4, -0.2) is 15.0 Å². The Morgan fingerprint density at radius 3 is 1.64 bits per heavy atom. The van der Waals surface area contributed by atoms with Crippen LogP contribution in [0.4, 0.5) is 0 Å². The van der Waals surface area contributed by atoms with Crippen LogP contribution in [0.1, 0.15) is 80.3 Å². The van der Waals surface area contributed by atoms with Gasteiger partial charge in [0.25, 0.3) is 0 Å². The van der Waals surface area contributed by atoms with E-state index >= 15 is 0 Å². The molecule has 298 valence electrons. The molecule has 9 aromatic rings. The zero-order valence-electron chi connectivity index (χ0n) is 44.2. The molecule has 5 nitrogen and oxygen atoms in total. The maximum absolute atomic E-state index is 9.85. The van der Waals surface area contributed by atoms with Gasteiger partial charge in [0.2, 0.25) is 0 Å². The minimum atomic E-state index is -2.91. The largest absolute Gasteiger partial charge is 0.454 e. The monoisotopic (exact) mass is 802 g/mol. The van der Waals surface area contributed by atoms with E-state index in [2.05, 4.69) is 15.0 Å². The fourth-order valence-electron chi connectivity index (χ4n) is 7.55. The van der Waals surface area contributed by atoms with Crippen molar-refractivity contribution in [2.24, 2.45) is 0 Å². The van der Waals surface area contributed by atoms with Gasteiger partial charge in [-0.05, 0) is 100 Å². The highest BCUT2D eigenvalue weighted by Gasteiger charge is 2.25. The molecule has 4 aromatic heterocycles. The molecular formula is C56H48N4O. The van der Waals surface area contributed by atoms with E-state index in [0.29, 0.717) is 50.1 Å². The number of para-hydroxylation sites is 2. The van der Waals surface area contributed by atoms with Crippen molar-refractivity contribution < 1.29 is 18.1 Å². The maximum atomic E-state index is 9.85. The van der Waals surface area contributed by atoms with Crippen molar-refractivity contribution in [3.05, 3.63) is 209 Å². The highest BCUT2D eigenvalue weighted by molar-refractivity contribution is 6.10. The molecule has 61 heavy (non-hydrogen) atoms. The number of hydrogen-bond donors (Lipinski definition) is 0. The lowest BCUT2D eigenvalue weighted by molar-refractivity contribution is 0.512. The van der Waals surface area contributed by atoms with Crippen LogP contribution in [0, 0.1) is 11.3 Å². The summed E-state index contributed by atoms with van der Waals surface area (Å²) in [5, 5.41) is 10.9. The van der Waals surface area contributed by atoms with Crippen molar-refractivity contribution in [2.45, 2.75) is 64.0 Å². The number of hydrogen-bond acceptors (Lipinski definition) is 5. The van der Waals surface area contributed by atoms with Crippen LogP contribution in [0.2, 0.25) is 0 Å². The average molecular weight is 803 g/mol. The zero-order chi connectivity index (χ0) is 50.9. The average Bonchev–Trinajstić information content (AvgIpc) is 3.75. The van der Waals surface area contributed by atoms with E-state index in [4.69, 9.17) is 7.16 Å². The molecule has 0 aliphatic rings. The van der Waals surface area contributed by atoms with Crippen LogP contribution in [-0.2, 0) is 36.3 Å². The van der Waals surface area contributed by atoms with Gasteiger partial charge in [0, 0.05) is 57.0 Å². The molecule has 9 rings (SSSR count). The Labute approximate surface area is 372 Å². The van der Waals surface area contributed by atoms with Gasteiger partial charge in [-0.15, -0.1) is 0 Å². The van der Waals surface area contributed by atoms with Gasteiger partial charge in [0.15, 0.2) is 5.58 Å². The van der Waals surface area contributed by atoms with E-state index in [1.54, 1.807) is 70.4 Å². The molecule has 0 spiro atoms. The van der Waals surface area contributed by atoms with Gasteiger partial charge < -0.3 is 4.42 Å². The fraction of sp³-hybridized carbons (Fsp3) is 0.179. The van der Waals surface area contributed by atoms with E-state index in [-0.39, 0.29) is 45.5 Å². The van der Waals surface area contributed by atoms with Crippen molar-refractivity contribution >= 4 is 21.9 Å². The molecule has 0 saturated carbocycles. The van der Waals surface area contributed by atoms with Gasteiger partial charge in [0.05, 0.1) is 25.4 Å². The number of furan rings is 1. The van der Waals surface area contributed by atoms with Crippen molar-refractivity contribution in [3.63, 3.8) is 0 Å². The molecular weight excluding hydrogens is 745 g/mol. The van der Waals surface area contributed by atoms with Gasteiger partial charge in [-0.1, -0.05) is 149 Å². The predicted molar refractivity (Wildman–Crippen MR) is 248 cm³/mol. The summed E-state index contributed by atoms with van der Waals surface area (Å²) in [7, 11) is 0. The van der Waals surface area contributed by atoms with Crippen LogP contribution in [0.15, 0.2) is 175 Å². The first-order chi connectivity index (χ1) is 33.5. The molecule has 5 heteroatoms. The molecule has 4 heterocycles. The number of pyridine rings is 3. The van der Waals surface area contributed by atoms with Gasteiger partial charge in [-0.2, -0.15) is 5.26 Å². The lowest BCUT2D eigenvalue weighted by Crippen LogP contribution is -2.23. The number of rotatable bonds is 12. The number of fused-ring (bicyclic) bond motifs is 3. The Morgan fingerprint density at radius 1 is 0.557 bits per heavy atom. The number of nitrogens with zero attached hydrogens (tertiary/aromatic N) is 4. The predicted octanol–water partition coefficient (Wildman–Crippen LogP) is 13.5. The van der Waals surface area contributed by atoms with Crippen molar-refractivity contribution in [3.8, 4) is 39.8 Å². The SMILES string of the molecule is [2H]c1cc2c(oc3c(-c4ccc(C([2H])([2H])C([2H])([2H])c5cc(C([2H])([2H])C(C)(C)c6ccc(-c7ccccc7)nc6)cc(C([2H])([2H])C(C)(C)c6ccc(-c7ccccc7)nc6)c5)cn4)cccc32)c(C#N)c1[2H]. The van der Waals surface area contributed by atoms with Gasteiger partial charge >= 0.3 is 0 Å². The minimum Gasteiger partial charge on any atom is -0.454 e. The highest BCUT2D eigenvalue weighted by atomic mass is 16.3. The van der Waals surface area contributed by atoms with Crippen molar-refractivity contribution in [1.82, 2.24) is 15.0 Å². The second kappa shape index (κ2) is 16.5. The first-order valence-corrected chi connectivity index (χ1v) is 20.1. The van der Waals surface area contributed by atoms with Gasteiger partial charge in [0.1, 0.15) is 11.7 Å². The minimum absolute atomic E-state index is 0.0546. The van der Waals surface area contributed by atoms with E-state index in [9.17, 15) is 16.2 Å². The molecule has 0 bridgehead atoms. The molecule has 0 unspecified atom stereocenters. The molecule has 0 aliphatic carbocycles. The summed E-state index contributed by atoms with van der Waals surface area (Å²) < 4.78 is 100. The first-order valence-electron chi connectivity index (χ1n) is 25.1. The molecule has 0 fully saturated rings. The number of aromatic nitrogens is 3. The van der Waals surface area contributed by atoms with Crippen LogP contribution in [0.25, 0.3) is 55.7 Å². The Kier molecular flexibility index (Phi) is 7.87. The summed E-state index contributed by atoms with van der Waals surface area (Å²) >= 11 is 0. The summed E-state index contributed by atoms with van der Waals surface area (Å²) in [6, 6.07) is 41.7. The van der Waals surface area contributed by atoms with E-state index in [1.165, 1.54) is 42.6 Å². The lowest BCUT2D eigenvalue weighted by atomic mass is 9.77. The van der Waals surface area contributed by atoms with Gasteiger partial charge in [-0.25, -0.2) is 0 Å². The summed E-state index contributed by atoms with van der Waals surface area (Å²) in [6.45, 7) is 6.86. The standard InChI is InChI=1S/C56H48N4O/c1-55(2,45-24-27-50(59-36-45)42-13-7-5-8-14-42)32-40-29-39(30-41(31-40)33-56(3,4)46-25-28-51(60-37-46)43-15-9-6-10-16-43)22-21-38-23-26-52(58-35-38)49-20-12-19-48-47-18-11-17-44(34-57)53(47)61-54(48)49/h5-20,23-31,35-37H,21-22,32-33H2,1-4H3/i11D,17D,21D2,22D2,32D2,33D2. The normalized spacial score (nSPS) is 15.2. The lowest BCUT2D eigenvalue weighted by Gasteiger charge is -2.28. The third-order valence-corrected chi connectivity index (χ3v) is 10.9. The molecule has 0 N–H and O–H groups in total. The summed E-state index contributed by atoms with van der Waals surface area (Å²) in [5.74, 6) is 0. The summed E-state index contributed by atoms with van der Waals surface area (Å²) in [5.41, 5.74) is 2.32. The Balaban J connectivity index is 1.13. The summed E-state index contributed by atoms with van der Waals surface area (Å²) in [6.07, 6.45) is -5.89. The van der Waals surface area contributed by atoms with E-state index in [0.717, 1.165) is 11.1 Å². The smallest absolute Gasteiger partial charge is 0.153 e. The number of nitriles is 1. The summed E-state index contributed by atoms with van der Waals surface area (Å²) in [4.78, 5) is 13.9. The van der Waals surface area contributed by atoms with E-state index in [1.807, 2.05) is 78.9 Å². The topological polar surface area (TPSA) is 75.6 Å². The second-order valence-electron chi connectivity index (χ2n) is 16.0.